The lowest BCUT2D eigenvalue weighted by atomic mass is 9.75. The summed E-state index contributed by atoms with van der Waals surface area (Å²) in [4.78, 5) is 0. The monoisotopic (exact) mass is 449 g/mol. The summed E-state index contributed by atoms with van der Waals surface area (Å²) in [5.74, 6) is 3.00. The summed E-state index contributed by atoms with van der Waals surface area (Å²) >= 11 is 0. The first-order valence-electron chi connectivity index (χ1n) is 12.5. The molecule has 0 heterocycles. The van der Waals surface area contributed by atoms with E-state index in [0.717, 1.165) is 31.4 Å². The summed E-state index contributed by atoms with van der Waals surface area (Å²) in [6.07, 6.45) is 6.51. The van der Waals surface area contributed by atoms with Crippen LogP contribution in [0.25, 0.3) is 0 Å². The van der Waals surface area contributed by atoms with Gasteiger partial charge in [-0.25, -0.2) is 4.57 Å². The van der Waals surface area contributed by atoms with Crippen molar-refractivity contribution < 1.29 is 13.6 Å². The first-order chi connectivity index (χ1) is 14.7. The van der Waals surface area contributed by atoms with E-state index in [2.05, 4.69) is 46.6 Å². The van der Waals surface area contributed by atoms with Gasteiger partial charge in [0.05, 0.1) is 12.2 Å². The van der Waals surface area contributed by atoms with Crippen LogP contribution in [0.15, 0.2) is 30.3 Å². The number of hydrogen-bond acceptors (Lipinski definition) is 3. The standard InChI is InChI=1S/C26H44NO3P/c1-18(2)23-14-12-20(5)16-25(23)29-31(28,27-22-10-8-7-9-11-22)30-26-17-21(6)13-15-24(26)19(3)4/h7-11,18-21,23-26H,12-17H2,1-6H3,(H,27,28)/t20-,21-,23-,24+,25-,26-,31?/m1/s1. The average molecular weight is 450 g/mol. The highest BCUT2D eigenvalue weighted by Crippen LogP contribution is 2.56. The van der Waals surface area contributed by atoms with E-state index in [1.807, 2.05) is 30.3 Å². The highest BCUT2D eigenvalue weighted by molar-refractivity contribution is 7.55. The minimum atomic E-state index is -3.54. The van der Waals surface area contributed by atoms with Gasteiger partial charge in [0.2, 0.25) is 0 Å². The maximum Gasteiger partial charge on any atom is 0.433 e. The van der Waals surface area contributed by atoms with Gasteiger partial charge in [-0.05, 0) is 73.3 Å². The second-order valence-electron chi connectivity index (χ2n) is 10.9. The molecule has 0 spiro atoms. The second kappa shape index (κ2) is 10.9. The van der Waals surface area contributed by atoms with Crippen molar-refractivity contribution in [2.45, 2.75) is 92.3 Å². The summed E-state index contributed by atoms with van der Waals surface area (Å²) in [5.41, 5.74) is 0.792. The third kappa shape index (κ3) is 6.83. The predicted octanol–water partition coefficient (Wildman–Crippen LogP) is 8.16. The van der Waals surface area contributed by atoms with Crippen molar-refractivity contribution in [3.8, 4) is 0 Å². The molecule has 7 atom stereocenters. The number of anilines is 1. The first-order valence-corrected chi connectivity index (χ1v) is 14.0. The molecule has 0 aliphatic heterocycles. The fourth-order valence-corrected chi connectivity index (χ4v) is 7.39. The molecule has 4 nitrogen and oxygen atoms in total. The fraction of sp³-hybridized carbons (Fsp3) is 0.769. The normalized spacial score (nSPS) is 33.9. The molecule has 31 heavy (non-hydrogen) atoms. The Morgan fingerprint density at radius 2 is 1.26 bits per heavy atom. The van der Waals surface area contributed by atoms with E-state index in [9.17, 15) is 4.57 Å². The van der Waals surface area contributed by atoms with Gasteiger partial charge in [0.25, 0.3) is 0 Å². The molecule has 2 aliphatic carbocycles. The van der Waals surface area contributed by atoms with Crippen LogP contribution in [0.2, 0.25) is 0 Å². The Hall–Kier alpha value is -0.830. The third-order valence-electron chi connectivity index (χ3n) is 7.51. The molecule has 176 valence electrons. The van der Waals surface area contributed by atoms with Gasteiger partial charge in [-0.3, -0.25) is 14.1 Å². The molecule has 0 aromatic heterocycles. The Balaban J connectivity index is 1.86. The van der Waals surface area contributed by atoms with Crippen LogP contribution in [0, 0.1) is 35.5 Å². The lowest BCUT2D eigenvalue weighted by Gasteiger charge is -2.41. The molecule has 3 rings (SSSR count). The number of rotatable bonds is 8. The van der Waals surface area contributed by atoms with Crippen LogP contribution in [0.4, 0.5) is 5.69 Å². The minimum Gasteiger partial charge on any atom is -0.293 e. The molecule has 0 bridgehead atoms. The minimum absolute atomic E-state index is 0.0377. The van der Waals surface area contributed by atoms with Gasteiger partial charge in [0.15, 0.2) is 0 Å². The van der Waals surface area contributed by atoms with Crippen LogP contribution in [0.3, 0.4) is 0 Å². The Bertz CT molecular complexity index is 685. The van der Waals surface area contributed by atoms with Gasteiger partial charge < -0.3 is 0 Å². The summed E-state index contributed by atoms with van der Waals surface area (Å²) in [6, 6.07) is 9.74. The van der Waals surface area contributed by atoms with Gasteiger partial charge in [-0.2, -0.15) is 0 Å². The van der Waals surface area contributed by atoms with E-state index in [1.165, 1.54) is 12.8 Å². The van der Waals surface area contributed by atoms with Crippen LogP contribution >= 0.6 is 7.75 Å². The van der Waals surface area contributed by atoms with Gasteiger partial charge in [0, 0.05) is 5.69 Å². The van der Waals surface area contributed by atoms with Gasteiger partial charge in [-0.15, -0.1) is 0 Å². The molecular weight excluding hydrogens is 405 g/mol. The van der Waals surface area contributed by atoms with Crippen molar-refractivity contribution >= 4 is 13.4 Å². The lowest BCUT2D eigenvalue weighted by molar-refractivity contribution is -0.00187. The zero-order chi connectivity index (χ0) is 22.6. The molecule has 2 saturated carbocycles. The lowest BCUT2D eigenvalue weighted by Crippen LogP contribution is -2.37. The summed E-state index contributed by atoms with van der Waals surface area (Å²) < 4.78 is 27.3. The largest absolute Gasteiger partial charge is 0.433 e. The maximum atomic E-state index is 14.3. The van der Waals surface area contributed by atoms with E-state index in [0.29, 0.717) is 35.5 Å². The van der Waals surface area contributed by atoms with Gasteiger partial charge in [0.1, 0.15) is 0 Å². The molecule has 1 N–H and O–H groups in total. The maximum absolute atomic E-state index is 14.3. The quantitative estimate of drug-likeness (QED) is 0.407. The number of hydrogen-bond donors (Lipinski definition) is 1. The van der Waals surface area contributed by atoms with Crippen molar-refractivity contribution in [3.63, 3.8) is 0 Å². The summed E-state index contributed by atoms with van der Waals surface area (Å²) in [7, 11) is -3.54. The molecule has 1 unspecified atom stereocenters. The smallest absolute Gasteiger partial charge is 0.293 e. The fourth-order valence-electron chi connectivity index (χ4n) is 5.58. The van der Waals surface area contributed by atoms with Crippen molar-refractivity contribution in [1.29, 1.82) is 0 Å². The molecule has 5 heteroatoms. The SMILES string of the molecule is CC(C)[C@H]1CC[C@@H](C)C[C@H]1OP(=O)(Nc1ccccc1)O[C@@H]1C[C@H](C)CC[C@H]1C(C)C. The topological polar surface area (TPSA) is 47.6 Å². The molecule has 0 saturated heterocycles. The van der Waals surface area contributed by atoms with Crippen LogP contribution in [0.5, 0.6) is 0 Å². The predicted molar refractivity (Wildman–Crippen MR) is 130 cm³/mol. The zero-order valence-electron chi connectivity index (χ0n) is 20.4. The van der Waals surface area contributed by atoms with E-state index in [1.54, 1.807) is 0 Å². The zero-order valence-corrected chi connectivity index (χ0v) is 21.3. The van der Waals surface area contributed by atoms with E-state index < -0.39 is 7.75 Å². The van der Waals surface area contributed by atoms with Crippen molar-refractivity contribution in [2.24, 2.45) is 35.5 Å². The van der Waals surface area contributed by atoms with E-state index in [-0.39, 0.29) is 12.2 Å². The Labute approximate surface area is 190 Å². The van der Waals surface area contributed by atoms with Crippen molar-refractivity contribution in [3.05, 3.63) is 30.3 Å². The van der Waals surface area contributed by atoms with Crippen molar-refractivity contribution in [2.75, 3.05) is 5.09 Å². The number of benzene rings is 1. The Kier molecular flexibility index (Phi) is 8.69. The molecule has 1 aromatic carbocycles. The van der Waals surface area contributed by atoms with Crippen LogP contribution < -0.4 is 5.09 Å². The summed E-state index contributed by atoms with van der Waals surface area (Å²) in [6.45, 7) is 13.6. The molecule has 0 amide bonds. The molecule has 0 radical (unpaired) electrons. The van der Waals surface area contributed by atoms with Crippen LogP contribution in [-0.4, -0.2) is 12.2 Å². The van der Waals surface area contributed by atoms with Crippen LogP contribution in [-0.2, 0) is 13.6 Å². The van der Waals surface area contributed by atoms with E-state index in [4.69, 9.17) is 9.05 Å². The molecular formula is C26H44NO3P. The Morgan fingerprint density at radius 1 is 0.806 bits per heavy atom. The molecule has 1 aromatic rings. The number of para-hydroxylation sites is 1. The van der Waals surface area contributed by atoms with Crippen LogP contribution in [0.1, 0.15) is 80.1 Å². The third-order valence-corrected chi connectivity index (χ3v) is 9.14. The van der Waals surface area contributed by atoms with Gasteiger partial charge in [-0.1, -0.05) is 72.6 Å². The van der Waals surface area contributed by atoms with E-state index >= 15 is 0 Å². The first kappa shape index (κ1) is 24.8. The second-order valence-corrected chi connectivity index (χ2v) is 12.6. The average Bonchev–Trinajstić information content (AvgIpc) is 2.68. The number of nitrogens with one attached hydrogen (secondary N) is 1. The van der Waals surface area contributed by atoms with Crippen molar-refractivity contribution in [1.82, 2.24) is 0 Å². The Morgan fingerprint density at radius 3 is 1.68 bits per heavy atom. The highest BCUT2D eigenvalue weighted by Gasteiger charge is 2.42. The molecule has 2 aliphatic rings. The van der Waals surface area contributed by atoms with Gasteiger partial charge >= 0.3 is 7.75 Å². The molecule has 2 fully saturated rings. The highest BCUT2D eigenvalue weighted by atomic mass is 31.2. The summed E-state index contributed by atoms with van der Waals surface area (Å²) in [5, 5.41) is 3.21.